The van der Waals surface area contributed by atoms with Crippen molar-refractivity contribution in [3.8, 4) is 89.0 Å². The second-order valence-electron chi connectivity index (χ2n) is 16.4. The molecule has 0 radical (unpaired) electrons. The van der Waals surface area contributed by atoms with Gasteiger partial charge in [-0.2, -0.15) is 0 Å². The van der Waals surface area contributed by atoms with Gasteiger partial charge in [0.05, 0.1) is 0 Å². The van der Waals surface area contributed by atoms with E-state index >= 15 is 0 Å². The van der Waals surface area contributed by atoms with Crippen molar-refractivity contribution in [2.45, 2.75) is 13.1 Å². The Morgan fingerprint density at radius 3 is 0.754 bits per heavy atom. The van der Waals surface area contributed by atoms with Crippen LogP contribution in [0.4, 0.5) is 0 Å². The van der Waals surface area contributed by atoms with Gasteiger partial charge >= 0.3 is 0 Å². The van der Waals surface area contributed by atoms with E-state index in [4.69, 9.17) is 4.74 Å². The Hall–Kier alpha value is -7.98. The maximum absolute atomic E-state index is 6.25. The van der Waals surface area contributed by atoms with E-state index in [1.54, 1.807) is 0 Å². The maximum atomic E-state index is 6.25. The summed E-state index contributed by atoms with van der Waals surface area (Å²) in [7, 11) is 0. The molecule has 2 heterocycles. The average Bonchev–Trinajstić information content (AvgIpc) is 3.40. The van der Waals surface area contributed by atoms with Gasteiger partial charge in [0.2, 0.25) is 0 Å². The first-order valence-electron chi connectivity index (χ1n) is 22.5. The van der Waals surface area contributed by atoms with E-state index in [1.165, 1.54) is 89.0 Å². The lowest BCUT2D eigenvalue weighted by atomic mass is 9.85. The van der Waals surface area contributed by atoms with Crippen molar-refractivity contribution in [3.05, 3.63) is 255 Å². The quantitative estimate of drug-likeness (QED) is 0.0787. The molecule has 0 N–H and O–H groups in total. The van der Waals surface area contributed by atoms with Crippen LogP contribution in [0, 0.1) is 0 Å². The number of ether oxygens (including phenoxy) is 1. The highest BCUT2D eigenvalue weighted by molar-refractivity contribution is 5.99. The van der Waals surface area contributed by atoms with Crippen LogP contribution >= 0.6 is 0 Å². The number of hydrogen-bond acceptors (Lipinski definition) is 1. The molecule has 0 unspecified atom stereocenters. The molecule has 312 valence electrons. The van der Waals surface area contributed by atoms with E-state index in [0.29, 0.717) is 13.2 Å². The first kappa shape index (κ1) is 41.1. The summed E-state index contributed by atoms with van der Waals surface area (Å²) in [6.45, 7) is 2.76. The smallest absolute Gasteiger partial charge is 0.171 e. The van der Waals surface area contributed by atoms with Crippen molar-refractivity contribution < 1.29 is 13.9 Å². The first-order valence-corrected chi connectivity index (χ1v) is 22.5. The van der Waals surface area contributed by atoms with E-state index in [0.717, 1.165) is 13.1 Å². The molecule has 0 spiro atoms. The van der Waals surface area contributed by atoms with E-state index in [9.17, 15) is 0 Å². The lowest BCUT2D eigenvalue weighted by Gasteiger charge is -2.19. The van der Waals surface area contributed by atoms with Crippen LogP contribution < -0.4 is 9.13 Å². The van der Waals surface area contributed by atoms with Gasteiger partial charge in [0.1, 0.15) is 13.2 Å². The summed E-state index contributed by atoms with van der Waals surface area (Å²) in [6.07, 6.45) is 8.72. The van der Waals surface area contributed by atoms with Gasteiger partial charge in [0.15, 0.2) is 37.9 Å². The molecule has 8 aromatic carbocycles. The lowest BCUT2D eigenvalue weighted by Crippen LogP contribution is -2.37. The van der Waals surface area contributed by atoms with E-state index in [2.05, 4.69) is 264 Å². The highest BCUT2D eigenvalue weighted by Gasteiger charge is 2.20. The van der Waals surface area contributed by atoms with Gasteiger partial charge in [-0.1, -0.05) is 182 Å². The van der Waals surface area contributed by atoms with Crippen LogP contribution in [0.1, 0.15) is 0 Å². The normalized spacial score (nSPS) is 11.1. The fourth-order valence-electron chi connectivity index (χ4n) is 8.87. The number of aromatic nitrogens is 2. The second-order valence-corrected chi connectivity index (χ2v) is 16.4. The molecule has 0 aliphatic heterocycles. The van der Waals surface area contributed by atoms with Crippen molar-refractivity contribution >= 4 is 0 Å². The van der Waals surface area contributed by atoms with E-state index < -0.39 is 0 Å². The first-order chi connectivity index (χ1) is 32.2. The molecule has 0 saturated heterocycles. The number of benzene rings is 8. The minimum absolute atomic E-state index is 0.619. The Kier molecular flexibility index (Phi) is 12.4. The van der Waals surface area contributed by atoms with E-state index in [1.807, 2.05) is 0 Å². The van der Waals surface area contributed by atoms with Crippen LogP contribution in [0.3, 0.4) is 0 Å². The Morgan fingerprint density at radius 2 is 0.492 bits per heavy atom. The Morgan fingerprint density at radius 1 is 0.246 bits per heavy atom. The second kappa shape index (κ2) is 19.6. The van der Waals surface area contributed by atoms with Crippen LogP contribution in [0.25, 0.3) is 89.0 Å². The molecule has 2 aromatic heterocycles. The largest absolute Gasteiger partial charge is 0.368 e. The molecule has 0 fully saturated rings. The summed E-state index contributed by atoms with van der Waals surface area (Å²) in [5.41, 5.74) is 19.3. The number of hydrogen-bond donors (Lipinski definition) is 0. The van der Waals surface area contributed by atoms with Crippen molar-refractivity contribution in [3.63, 3.8) is 0 Å². The van der Waals surface area contributed by atoms with Crippen molar-refractivity contribution in [1.82, 2.24) is 0 Å². The van der Waals surface area contributed by atoms with Gasteiger partial charge in [-0.3, -0.25) is 0 Å². The fourth-order valence-corrected chi connectivity index (χ4v) is 8.87. The number of pyridine rings is 2. The Labute approximate surface area is 382 Å². The zero-order valence-corrected chi connectivity index (χ0v) is 36.4. The molecule has 3 heteroatoms. The molecule has 10 aromatic rings. The highest BCUT2D eigenvalue weighted by atomic mass is 16.5. The summed E-state index contributed by atoms with van der Waals surface area (Å²) >= 11 is 0. The van der Waals surface area contributed by atoms with Crippen molar-refractivity contribution in [1.29, 1.82) is 0 Å². The predicted octanol–water partition coefficient (Wildman–Crippen LogP) is 14.3. The molecule has 0 saturated carbocycles. The molecule has 10 rings (SSSR count). The number of rotatable bonds is 14. The van der Waals surface area contributed by atoms with Gasteiger partial charge in [-0.25, -0.2) is 9.13 Å². The minimum Gasteiger partial charge on any atom is -0.368 e. The summed E-state index contributed by atoms with van der Waals surface area (Å²) < 4.78 is 10.7. The van der Waals surface area contributed by atoms with Crippen LogP contribution in [-0.2, 0) is 17.8 Å². The van der Waals surface area contributed by atoms with Gasteiger partial charge in [-0.15, -0.1) is 0 Å². The molecule has 0 aliphatic carbocycles. The molecule has 0 amide bonds. The third-order valence-corrected chi connectivity index (χ3v) is 12.2. The fraction of sp³-hybridized carbons (Fsp3) is 0.0645. The Balaban J connectivity index is 0.859. The van der Waals surface area contributed by atoms with Gasteiger partial charge in [0.25, 0.3) is 0 Å². The van der Waals surface area contributed by atoms with Crippen LogP contribution in [0.5, 0.6) is 0 Å². The summed E-state index contributed by atoms with van der Waals surface area (Å²) in [4.78, 5) is 0. The third-order valence-electron chi connectivity index (χ3n) is 12.2. The topological polar surface area (TPSA) is 17.0 Å². The van der Waals surface area contributed by atoms with Crippen molar-refractivity contribution in [2.24, 2.45) is 0 Å². The monoisotopic (exact) mass is 838 g/mol. The van der Waals surface area contributed by atoms with Crippen LogP contribution in [0.2, 0.25) is 0 Å². The molecule has 3 nitrogen and oxygen atoms in total. The summed E-state index contributed by atoms with van der Waals surface area (Å²) in [5.74, 6) is 0. The van der Waals surface area contributed by atoms with Gasteiger partial charge in [0, 0.05) is 24.3 Å². The zero-order valence-electron chi connectivity index (χ0n) is 36.4. The third kappa shape index (κ3) is 9.38. The molecular weight excluding hydrogens is 789 g/mol. The molecule has 0 aliphatic rings. The van der Waals surface area contributed by atoms with Gasteiger partial charge < -0.3 is 4.74 Å². The van der Waals surface area contributed by atoms with E-state index in [-0.39, 0.29) is 0 Å². The maximum Gasteiger partial charge on any atom is 0.171 e. The Bertz CT molecular complexity index is 2760. The van der Waals surface area contributed by atoms with Gasteiger partial charge in [-0.05, 0) is 113 Å². The standard InChI is InChI=1S/C62H50N2O/c1-7-19-47(20-8-1)55-43-57(49-23-11-3-12-24-49)61(58(44-55)50-25-13-4-14-26-50)53-31-35-63(36-32-53)39-41-65-42-40-64-37-33-54(34-38-64)62-59(51-27-15-5-16-28-51)45-56(48-21-9-2-10-22-48)46-60(62)52-29-17-6-18-30-52/h1-38,43-46H,39-42H2/q+2. The molecule has 0 atom stereocenters. The number of nitrogens with zero attached hydrogens (tertiary/aromatic N) is 2. The SMILES string of the molecule is c1ccc(-c2cc(-c3ccccc3)c(-c3cc[n+](CCOCC[n+]4ccc(-c5c(-c6ccccc6)cc(-c6ccccc6)cc5-c5ccccc5)cc4)cc3)c(-c3ccccc3)c2)cc1. The average molecular weight is 839 g/mol. The van der Waals surface area contributed by atoms with Crippen LogP contribution in [-0.4, -0.2) is 13.2 Å². The van der Waals surface area contributed by atoms with Crippen LogP contribution in [0.15, 0.2) is 255 Å². The van der Waals surface area contributed by atoms with Crippen molar-refractivity contribution in [2.75, 3.05) is 13.2 Å². The molecule has 0 bridgehead atoms. The molecule has 65 heavy (non-hydrogen) atoms. The zero-order chi connectivity index (χ0) is 43.6. The lowest BCUT2D eigenvalue weighted by molar-refractivity contribution is -0.705. The highest BCUT2D eigenvalue weighted by Crippen LogP contribution is 2.44. The predicted molar refractivity (Wildman–Crippen MR) is 268 cm³/mol. The minimum atomic E-state index is 0.619. The summed E-state index contributed by atoms with van der Waals surface area (Å²) in [5, 5.41) is 0. The summed E-state index contributed by atoms with van der Waals surface area (Å²) in [6, 6.07) is 82.7. The molecular formula is C62H50N2O+2.